The van der Waals surface area contributed by atoms with Crippen LogP contribution in [0.1, 0.15) is 0 Å². The molecule has 0 heterocycles. The van der Waals surface area contributed by atoms with Gasteiger partial charge in [0.25, 0.3) is 11.6 Å². The number of carbonyl (C=O) groups is 2. The summed E-state index contributed by atoms with van der Waals surface area (Å²) < 4.78 is 0. The van der Waals surface area contributed by atoms with Gasteiger partial charge in [0, 0.05) is 24.3 Å². The summed E-state index contributed by atoms with van der Waals surface area (Å²) in [6.07, 6.45) is 1.22. The van der Waals surface area contributed by atoms with Crippen LogP contribution in [0, 0.1) is 10.1 Å². The Kier molecular flexibility index (Phi) is 4.11. The third-order valence-electron chi connectivity index (χ3n) is 1.88. The molecule has 0 aliphatic carbocycles. The minimum Gasteiger partial charge on any atom is -0.478 e. The SMILES string of the molecule is O=C(O)C=CC(=O)N(O)c1ccc([N+](=O)[O-])cc1. The van der Waals surface area contributed by atoms with Crippen molar-refractivity contribution in [3.05, 3.63) is 46.5 Å². The third-order valence-corrected chi connectivity index (χ3v) is 1.88. The molecule has 18 heavy (non-hydrogen) atoms. The van der Waals surface area contributed by atoms with E-state index in [2.05, 4.69) is 0 Å². The van der Waals surface area contributed by atoms with Gasteiger partial charge in [0.15, 0.2) is 0 Å². The third kappa shape index (κ3) is 3.39. The van der Waals surface area contributed by atoms with E-state index < -0.39 is 16.8 Å². The molecule has 94 valence electrons. The van der Waals surface area contributed by atoms with E-state index in [-0.39, 0.29) is 16.4 Å². The van der Waals surface area contributed by atoms with Gasteiger partial charge in [-0.1, -0.05) is 0 Å². The summed E-state index contributed by atoms with van der Waals surface area (Å²) in [6, 6.07) is 4.52. The Labute approximate surface area is 100 Å². The van der Waals surface area contributed by atoms with E-state index in [1.54, 1.807) is 0 Å². The van der Waals surface area contributed by atoms with Crippen molar-refractivity contribution in [2.24, 2.45) is 0 Å². The summed E-state index contributed by atoms with van der Waals surface area (Å²) in [5.74, 6) is -2.31. The lowest BCUT2D eigenvalue weighted by molar-refractivity contribution is -0.384. The van der Waals surface area contributed by atoms with Gasteiger partial charge in [-0.05, 0) is 12.1 Å². The number of hydrogen-bond donors (Lipinski definition) is 2. The lowest BCUT2D eigenvalue weighted by Gasteiger charge is -2.11. The van der Waals surface area contributed by atoms with Crippen molar-refractivity contribution in [2.45, 2.75) is 0 Å². The number of hydroxylamine groups is 1. The molecule has 1 aromatic carbocycles. The first-order valence-electron chi connectivity index (χ1n) is 4.60. The number of amides is 1. The number of hydrogen-bond acceptors (Lipinski definition) is 5. The molecular weight excluding hydrogens is 244 g/mol. The van der Waals surface area contributed by atoms with Gasteiger partial charge in [0.1, 0.15) is 0 Å². The van der Waals surface area contributed by atoms with Crippen molar-refractivity contribution < 1.29 is 24.8 Å². The summed E-state index contributed by atoms with van der Waals surface area (Å²) in [6.45, 7) is 0. The highest BCUT2D eigenvalue weighted by atomic mass is 16.6. The zero-order chi connectivity index (χ0) is 13.7. The fourth-order valence-electron chi connectivity index (χ4n) is 1.06. The van der Waals surface area contributed by atoms with Crippen LogP contribution in [0.25, 0.3) is 0 Å². The first kappa shape index (κ1) is 13.3. The minimum absolute atomic E-state index is 0.0133. The van der Waals surface area contributed by atoms with E-state index in [1.807, 2.05) is 0 Å². The van der Waals surface area contributed by atoms with Crippen LogP contribution < -0.4 is 5.06 Å². The number of carbonyl (C=O) groups excluding carboxylic acids is 1. The zero-order valence-electron chi connectivity index (χ0n) is 8.89. The second-order valence-corrected chi connectivity index (χ2v) is 3.10. The van der Waals surface area contributed by atoms with Gasteiger partial charge in [0.2, 0.25) is 0 Å². The maximum atomic E-state index is 11.3. The highest BCUT2D eigenvalue weighted by Crippen LogP contribution is 2.18. The summed E-state index contributed by atoms with van der Waals surface area (Å²) >= 11 is 0. The molecule has 0 spiro atoms. The highest BCUT2D eigenvalue weighted by molar-refractivity contribution is 6.02. The Bertz CT molecular complexity index is 508. The standard InChI is InChI=1S/C10H8N2O6/c13-9(5-6-10(14)15)11(16)7-1-3-8(4-2-7)12(17)18/h1-6,16H,(H,14,15). The number of aliphatic carboxylic acids is 1. The van der Waals surface area contributed by atoms with E-state index in [9.17, 15) is 24.9 Å². The maximum absolute atomic E-state index is 11.3. The van der Waals surface area contributed by atoms with Crippen molar-refractivity contribution in [1.82, 2.24) is 0 Å². The van der Waals surface area contributed by atoms with Gasteiger partial charge in [-0.15, -0.1) is 0 Å². The topological polar surface area (TPSA) is 121 Å². The Morgan fingerprint density at radius 1 is 1.22 bits per heavy atom. The molecule has 0 aliphatic rings. The van der Waals surface area contributed by atoms with Crippen LogP contribution in [0.2, 0.25) is 0 Å². The molecule has 1 rings (SSSR count). The van der Waals surface area contributed by atoms with Crippen molar-refractivity contribution in [3.63, 3.8) is 0 Å². The average molecular weight is 252 g/mol. The van der Waals surface area contributed by atoms with Gasteiger partial charge < -0.3 is 5.11 Å². The van der Waals surface area contributed by atoms with Gasteiger partial charge in [-0.2, -0.15) is 5.06 Å². The molecule has 8 nitrogen and oxygen atoms in total. The number of nitro benzene ring substituents is 1. The molecular formula is C10H8N2O6. The highest BCUT2D eigenvalue weighted by Gasteiger charge is 2.12. The lowest BCUT2D eigenvalue weighted by atomic mass is 10.3. The van der Waals surface area contributed by atoms with Crippen molar-refractivity contribution in [2.75, 3.05) is 5.06 Å². The van der Waals surface area contributed by atoms with E-state index in [0.717, 1.165) is 24.3 Å². The quantitative estimate of drug-likeness (QED) is 0.356. The van der Waals surface area contributed by atoms with E-state index in [4.69, 9.17) is 5.11 Å². The molecule has 0 saturated carbocycles. The Morgan fingerprint density at radius 3 is 2.22 bits per heavy atom. The zero-order valence-corrected chi connectivity index (χ0v) is 8.89. The van der Waals surface area contributed by atoms with Gasteiger partial charge in [-0.25, -0.2) is 4.79 Å². The van der Waals surface area contributed by atoms with Gasteiger partial charge in [0.05, 0.1) is 10.6 Å². The molecule has 0 fully saturated rings. The molecule has 0 atom stereocenters. The number of benzene rings is 1. The van der Waals surface area contributed by atoms with Crippen LogP contribution in [0.5, 0.6) is 0 Å². The van der Waals surface area contributed by atoms with Gasteiger partial charge >= 0.3 is 5.97 Å². The summed E-state index contributed by atoms with van der Waals surface area (Å²) in [5, 5.41) is 28.3. The van der Waals surface area contributed by atoms with E-state index in [0.29, 0.717) is 12.2 Å². The Morgan fingerprint density at radius 2 is 1.78 bits per heavy atom. The smallest absolute Gasteiger partial charge is 0.328 e. The predicted octanol–water partition coefficient (Wildman–Crippen LogP) is 0.958. The Hall–Kier alpha value is -2.74. The number of nitro groups is 1. The Balaban J connectivity index is 2.84. The van der Waals surface area contributed by atoms with Crippen molar-refractivity contribution in [1.29, 1.82) is 0 Å². The molecule has 0 saturated heterocycles. The number of carboxylic acid groups (broad SMARTS) is 1. The first-order chi connectivity index (χ1) is 8.41. The van der Waals surface area contributed by atoms with E-state index in [1.165, 1.54) is 0 Å². The van der Waals surface area contributed by atoms with Crippen LogP contribution in [0.4, 0.5) is 11.4 Å². The summed E-state index contributed by atoms with van der Waals surface area (Å²) in [4.78, 5) is 31.2. The number of non-ortho nitro benzene ring substituents is 1. The van der Waals surface area contributed by atoms with Crippen LogP contribution in [-0.2, 0) is 9.59 Å². The number of anilines is 1. The number of carboxylic acids is 1. The molecule has 0 aromatic heterocycles. The normalized spacial score (nSPS) is 10.3. The predicted molar refractivity (Wildman–Crippen MR) is 59.1 cm³/mol. The van der Waals surface area contributed by atoms with Crippen molar-refractivity contribution in [3.8, 4) is 0 Å². The molecule has 0 radical (unpaired) electrons. The first-order valence-corrected chi connectivity index (χ1v) is 4.60. The molecule has 0 unspecified atom stereocenters. The van der Waals surface area contributed by atoms with Crippen LogP contribution in [-0.4, -0.2) is 27.1 Å². The molecule has 0 bridgehead atoms. The van der Waals surface area contributed by atoms with E-state index >= 15 is 0 Å². The maximum Gasteiger partial charge on any atom is 0.328 e. The molecule has 2 N–H and O–H groups in total. The second kappa shape index (κ2) is 5.55. The number of nitrogens with zero attached hydrogens (tertiary/aromatic N) is 2. The summed E-state index contributed by atoms with van der Waals surface area (Å²) in [7, 11) is 0. The monoisotopic (exact) mass is 252 g/mol. The molecule has 0 aliphatic heterocycles. The van der Waals surface area contributed by atoms with Crippen LogP contribution in [0.15, 0.2) is 36.4 Å². The minimum atomic E-state index is -1.33. The fourth-order valence-corrected chi connectivity index (χ4v) is 1.06. The fraction of sp³-hybridized carbons (Fsp3) is 0. The molecule has 1 amide bonds. The summed E-state index contributed by atoms with van der Waals surface area (Å²) in [5.41, 5.74) is -0.207. The average Bonchev–Trinajstić information content (AvgIpc) is 2.35. The second-order valence-electron chi connectivity index (χ2n) is 3.10. The van der Waals surface area contributed by atoms with Crippen LogP contribution in [0.3, 0.4) is 0 Å². The largest absolute Gasteiger partial charge is 0.478 e. The van der Waals surface area contributed by atoms with Crippen molar-refractivity contribution >= 4 is 23.3 Å². The number of rotatable bonds is 4. The van der Waals surface area contributed by atoms with Crippen LogP contribution >= 0.6 is 0 Å². The molecule has 1 aromatic rings. The van der Waals surface area contributed by atoms with Gasteiger partial charge in [-0.3, -0.25) is 20.1 Å². The molecule has 8 heteroatoms. The lowest BCUT2D eigenvalue weighted by Crippen LogP contribution is -2.24.